The van der Waals surface area contributed by atoms with E-state index in [1.165, 1.54) is 0 Å². The summed E-state index contributed by atoms with van der Waals surface area (Å²) >= 11 is 0. The number of ketones is 1. The normalized spacial score (nSPS) is 27.8. The number of piperidine rings is 1. The summed E-state index contributed by atoms with van der Waals surface area (Å²) in [5, 5.41) is 22.5. The number of hydrogen-bond acceptors (Lipinski definition) is 4. The molecule has 0 aliphatic carbocycles. The molecule has 1 heterocycles. The van der Waals surface area contributed by atoms with E-state index >= 15 is 0 Å². The van der Waals surface area contributed by atoms with Crippen LogP contribution in [0.15, 0.2) is 48.5 Å². The van der Waals surface area contributed by atoms with E-state index in [2.05, 4.69) is 5.32 Å². The van der Waals surface area contributed by atoms with Gasteiger partial charge in [-0.2, -0.15) is 0 Å². The predicted molar refractivity (Wildman–Crippen MR) is 88.2 cm³/mol. The van der Waals surface area contributed by atoms with Crippen molar-refractivity contribution in [3.05, 3.63) is 59.7 Å². The van der Waals surface area contributed by atoms with Crippen LogP contribution < -0.4 is 5.32 Å². The molecule has 0 bridgehead atoms. The first-order chi connectivity index (χ1) is 11.0. The zero-order valence-corrected chi connectivity index (χ0v) is 13.2. The van der Waals surface area contributed by atoms with E-state index in [9.17, 15) is 15.0 Å². The lowest BCUT2D eigenvalue weighted by atomic mass is 9.76. The minimum atomic E-state index is -0.136. The zero-order valence-electron chi connectivity index (χ0n) is 13.2. The smallest absolute Gasteiger partial charge is 0.142 e. The third kappa shape index (κ3) is 2.94. The number of phenolic OH excluding ortho intramolecular Hbond substituents is 2. The lowest BCUT2D eigenvalue weighted by Gasteiger charge is -2.39. The van der Waals surface area contributed by atoms with Gasteiger partial charge in [0.2, 0.25) is 0 Å². The van der Waals surface area contributed by atoms with Gasteiger partial charge < -0.3 is 15.5 Å². The summed E-state index contributed by atoms with van der Waals surface area (Å²) in [4.78, 5) is 12.7. The quantitative estimate of drug-likeness (QED) is 0.796. The van der Waals surface area contributed by atoms with E-state index in [0.29, 0.717) is 0 Å². The van der Waals surface area contributed by atoms with Gasteiger partial charge in [0.1, 0.15) is 17.3 Å². The van der Waals surface area contributed by atoms with E-state index in [1.54, 1.807) is 24.3 Å². The minimum Gasteiger partial charge on any atom is -0.508 e. The fourth-order valence-electron chi connectivity index (χ4n) is 3.36. The minimum absolute atomic E-state index is 0.0990. The first-order valence-corrected chi connectivity index (χ1v) is 7.85. The molecule has 4 atom stereocenters. The number of phenols is 2. The van der Waals surface area contributed by atoms with Gasteiger partial charge in [0.25, 0.3) is 0 Å². The Hall–Kier alpha value is -2.33. The molecule has 0 aromatic heterocycles. The highest BCUT2D eigenvalue weighted by atomic mass is 16.3. The highest BCUT2D eigenvalue weighted by Gasteiger charge is 2.40. The largest absolute Gasteiger partial charge is 0.508 e. The molecule has 0 unspecified atom stereocenters. The number of aromatic hydroxyl groups is 2. The Morgan fingerprint density at radius 3 is 1.43 bits per heavy atom. The number of carbonyl (C=O) groups excluding carboxylic acids is 1. The van der Waals surface area contributed by atoms with Crippen LogP contribution >= 0.6 is 0 Å². The maximum atomic E-state index is 12.7. The van der Waals surface area contributed by atoms with Gasteiger partial charge in [-0.05, 0) is 35.4 Å². The van der Waals surface area contributed by atoms with Gasteiger partial charge in [0, 0.05) is 23.9 Å². The van der Waals surface area contributed by atoms with Crippen LogP contribution in [-0.4, -0.2) is 16.0 Å². The van der Waals surface area contributed by atoms with Crippen molar-refractivity contribution in [3.63, 3.8) is 0 Å². The van der Waals surface area contributed by atoms with Crippen molar-refractivity contribution in [3.8, 4) is 11.5 Å². The highest BCUT2D eigenvalue weighted by Crippen LogP contribution is 2.38. The number of benzene rings is 2. The molecule has 0 saturated carbocycles. The fourth-order valence-corrected chi connectivity index (χ4v) is 3.36. The number of Topliss-reactive ketones (excluding diaryl/α,β-unsaturated/α-hetero) is 1. The van der Waals surface area contributed by atoms with E-state index in [-0.39, 0.29) is 41.2 Å². The Balaban J connectivity index is 1.94. The van der Waals surface area contributed by atoms with Crippen molar-refractivity contribution in [2.45, 2.75) is 25.9 Å². The standard InChI is InChI=1S/C19H21NO3/c1-11-17(13-3-7-15(21)8-4-13)20-18(12(2)19(11)23)14-5-9-16(22)10-6-14/h3-12,17-18,20-22H,1-2H3/t11-,12+,17-,18-/m0/s1. The van der Waals surface area contributed by atoms with E-state index in [1.807, 2.05) is 38.1 Å². The van der Waals surface area contributed by atoms with Crippen LogP contribution in [0.3, 0.4) is 0 Å². The Morgan fingerprint density at radius 2 is 1.09 bits per heavy atom. The van der Waals surface area contributed by atoms with Crippen LogP contribution in [0.2, 0.25) is 0 Å². The number of carbonyl (C=O) groups is 1. The van der Waals surface area contributed by atoms with Crippen molar-refractivity contribution in [1.29, 1.82) is 0 Å². The third-order valence-corrected chi connectivity index (χ3v) is 4.76. The molecule has 120 valence electrons. The summed E-state index contributed by atoms with van der Waals surface area (Å²) in [6.07, 6.45) is 0. The van der Waals surface area contributed by atoms with E-state index < -0.39 is 0 Å². The molecule has 1 saturated heterocycles. The second-order valence-corrected chi connectivity index (χ2v) is 6.28. The molecule has 4 heteroatoms. The van der Waals surface area contributed by atoms with Crippen LogP contribution in [0.4, 0.5) is 0 Å². The molecule has 0 radical (unpaired) electrons. The average Bonchev–Trinajstić information content (AvgIpc) is 2.55. The zero-order chi connectivity index (χ0) is 16.6. The van der Waals surface area contributed by atoms with Crippen LogP contribution in [0, 0.1) is 11.8 Å². The molecule has 1 fully saturated rings. The molecule has 3 N–H and O–H groups in total. The molecule has 23 heavy (non-hydrogen) atoms. The Kier molecular flexibility index (Phi) is 4.09. The van der Waals surface area contributed by atoms with Crippen LogP contribution in [0.25, 0.3) is 0 Å². The van der Waals surface area contributed by atoms with Gasteiger partial charge in [-0.25, -0.2) is 0 Å². The monoisotopic (exact) mass is 311 g/mol. The molecule has 1 aliphatic rings. The lowest BCUT2D eigenvalue weighted by molar-refractivity contribution is -0.130. The highest BCUT2D eigenvalue weighted by molar-refractivity contribution is 5.85. The van der Waals surface area contributed by atoms with Gasteiger partial charge in [0.05, 0.1) is 0 Å². The molecular formula is C19H21NO3. The van der Waals surface area contributed by atoms with Gasteiger partial charge >= 0.3 is 0 Å². The molecule has 4 nitrogen and oxygen atoms in total. The van der Waals surface area contributed by atoms with Gasteiger partial charge in [0.15, 0.2) is 0 Å². The second-order valence-electron chi connectivity index (χ2n) is 6.28. The molecule has 2 aromatic carbocycles. The van der Waals surface area contributed by atoms with Crippen molar-refractivity contribution in [1.82, 2.24) is 5.32 Å². The maximum Gasteiger partial charge on any atom is 0.142 e. The van der Waals surface area contributed by atoms with Crippen LogP contribution in [0.1, 0.15) is 37.1 Å². The molecule has 0 spiro atoms. The topological polar surface area (TPSA) is 69.6 Å². The number of rotatable bonds is 2. The van der Waals surface area contributed by atoms with E-state index in [4.69, 9.17) is 0 Å². The van der Waals surface area contributed by atoms with Crippen molar-refractivity contribution >= 4 is 5.78 Å². The van der Waals surface area contributed by atoms with Crippen molar-refractivity contribution < 1.29 is 15.0 Å². The summed E-state index contributed by atoms with van der Waals surface area (Å²) in [5.74, 6) is 0.379. The van der Waals surface area contributed by atoms with E-state index in [0.717, 1.165) is 11.1 Å². The molecule has 1 aliphatic heterocycles. The second kappa shape index (κ2) is 6.05. The summed E-state index contributed by atoms with van der Waals surface area (Å²) in [6.45, 7) is 3.88. The van der Waals surface area contributed by atoms with Crippen molar-refractivity contribution in [2.24, 2.45) is 11.8 Å². The Morgan fingerprint density at radius 1 is 0.739 bits per heavy atom. The summed E-state index contributed by atoms with van der Waals surface area (Å²) in [6, 6.07) is 13.8. The van der Waals surface area contributed by atoms with Crippen molar-refractivity contribution in [2.75, 3.05) is 0 Å². The third-order valence-electron chi connectivity index (χ3n) is 4.76. The summed E-state index contributed by atoms with van der Waals surface area (Å²) in [5.41, 5.74) is 1.97. The number of hydrogen-bond donors (Lipinski definition) is 3. The molecular weight excluding hydrogens is 290 g/mol. The van der Waals surface area contributed by atoms with Gasteiger partial charge in [-0.15, -0.1) is 0 Å². The summed E-state index contributed by atoms with van der Waals surface area (Å²) in [7, 11) is 0. The lowest BCUT2D eigenvalue weighted by Crippen LogP contribution is -2.46. The maximum absolute atomic E-state index is 12.7. The van der Waals surface area contributed by atoms with Crippen LogP contribution in [-0.2, 0) is 4.79 Å². The first kappa shape index (κ1) is 15.6. The fraction of sp³-hybridized carbons (Fsp3) is 0.316. The van der Waals surface area contributed by atoms with Gasteiger partial charge in [-0.1, -0.05) is 38.1 Å². The van der Waals surface area contributed by atoms with Crippen LogP contribution in [0.5, 0.6) is 11.5 Å². The molecule has 2 aromatic rings. The van der Waals surface area contributed by atoms with Gasteiger partial charge in [-0.3, -0.25) is 4.79 Å². The predicted octanol–water partition coefficient (Wildman–Crippen LogP) is 3.32. The summed E-state index contributed by atoms with van der Waals surface area (Å²) < 4.78 is 0. The Bertz CT molecular complexity index is 634. The first-order valence-electron chi connectivity index (χ1n) is 7.85. The molecule has 0 amide bonds. The average molecular weight is 311 g/mol. The number of nitrogens with one attached hydrogen (secondary N) is 1. The Labute approximate surface area is 135 Å². The SMILES string of the molecule is C[C@@H]1C(=O)[C@H](C)[C@@H](c2ccc(O)cc2)N[C@@H]1c1ccc(O)cc1. The molecule has 3 rings (SSSR count).